The minimum atomic E-state index is -0.200. The maximum Gasteiger partial charge on any atom is 0.255 e. The summed E-state index contributed by atoms with van der Waals surface area (Å²) < 4.78 is 18.4. The van der Waals surface area contributed by atoms with Crippen LogP contribution in [0.3, 0.4) is 0 Å². The van der Waals surface area contributed by atoms with Gasteiger partial charge in [0.2, 0.25) is 0 Å². The van der Waals surface area contributed by atoms with Gasteiger partial charge in [0.1, 0.15) is 17.6 Å². The highest BCUT2D eigenvalue weighted by Gasteiger charge is 2.25. The lowest BCUT2D eigenvalue weighted by atomic mass is 10.1. The van der Waals surface area contributed by atoms with Crippen molar-refractivity contribution in [1.82, 2.24) is 14.5 Å². The molecule has 9 heteroatoms. The highest BCUT2D eigenvalue weighted by molar-refractivity contribution is 6.35. The van der Waals surface area contributed by atoms with Gasteiger partial charge in [-0.05, 0) is 37.5 Å². The van der Waals surface area contributed by atoms with Crippen molar-refractivity contribution in [2.45, 2.75) is 40.2 Å². The average Bonchev–Trinajstić information content (AvgIpc) is 3.17. The van der Waals surface area contributed by atoms with Crippen LogP contribution in [0.5, 0.6) is 17.2 Å². The Labute approximate surface area is 229 Å². The fraction of sp³-hybridized carbons (Fsp3) is 0.414. The molecule has 1 aromatic heterocycles. The van der Waals surface area contributed by atoms with Crippen molar-refractivity contribution in [1.29, 1.82) is 5.26 Å². The molecule has 0 aliphatic heterocycles. The minimum Gasteiger partial charge on any atom is -0.493 e. The first-order chi connectivity index (χ1) is 18.2. The van der Waals surface area contributed by atoms with Crippen molar-refractivity contribution < 1.29 is 19.0 Å². The van der Waals surface area contributed by atoms with E-state index in [1.165, 1.54) is 14.2 Å². The maximum atomic E-state index is 13.8. The van der Waals surface area contributed by atoms with Crippen LogP contribution in [0.2, 0.25) is 5.02 Å². The van der Waals surface area contributed by atoms with Crippen LogP contribution in [0.4, 0.5) is 0 Å². The number of benzene rings is 2. The molecule has 0 fully saturated rings. The molecule has 1 amide bonds. The fourth-order valence-corrected chi connectivity index (χ4v) is 4.46. The summed E-state index contributed by atoms with van der Waals surface area (Å²) in [5, 5.41) is 9.13. The van der Waals surface area contributed by atoms with Gasteiger partial charge in [-0.3, -0.25) is 4.79 Å². The summed E-state index contributed by atoms with van der Waals surface area (Å²) in [4.78, 5) is 20.5. The Bertz CT molecular complexity index is 1310. The number of halogens is 1. The molecule has 0 bridgehead atoms. The second-order valence-corrected chi connectivity index (χ2v) is 9.80. The summed E-state index contributed by atoms with van der Waals surface area (Å²) in [5.41, 5.74) is 3.18. The van der Waals surface area contributed by atoms with Gasteiger partial charge in [-0.1, -0.05) is 43.6 Å². The molecule has 1 heterocycles. The van der Waals surface area contributed by atoms with E-state index in [2.05, 4.69) is 13.8 Å². The van der Waals surface area contributed by atoms with Crippen LogP contribution in [0, 0.1) is 24.2 Å². The first kappa shape index (κ1) is 28.9. The van der Waals surface area contributed by atoms with Crippen LogP contribution < -0.4 is 14.2 Å². The zero-order chi connectivity index (χ0) is 27.8. The molecule has 0 radical (unpaired) electrons. The normalized spacial score (nSPS) is 10.8. The van der Waals surface area contributed by atoms with E-state index in [0.29, 0.717) is 48.2 Å². The summed E-state index contributed by atoms with van der Waals surface area (Å²) in [5.74, 6) is 2.44. The van der Waals surface area contributed by atoms with E-state index in [0.717, 1.165) is 29.2 Å². The summed E-state index contributed by atoms with van der Waals surface area (Å²) in [6, 6.07) is 13.0. The number of carbonyl (C=O) groups excluding carboxylic acids is 1. The molecule has 0 saturated carbocycles. The molecule has 8 nitrogen and oxygen atoms in total. The number of para-hydroxylation sites is 1. The number of amides is 1. The quantitative estimate of drug-likeness (QED) is 0.299. The van der Waals surface area contributed by atoms with Gasteiger partial charge in [0, 0.05) is 31.3 Å². The second kappa shape index (κ2) is 13.2. The number of methoxy groups -OCH3 is 2. The SMILES string of the molecule is COc1ccc(C(=O)N(CCC(C)C)Cc2nc(Cc3ccccc3OCC#N)c(C)n2C)c(Cl)c1OC. The van der Waals surface area contributed by atoms with Crippen LogP contribution in [-0.4, -0.2) is 47.7 Å². The van der Waals surface area contributed by atoms with Gasteiger partial charge < -0.3 is 23.7 Å². The molecular weight excluding hydrogens is 504 g/mol. The number of hydrogen-bond acceptors (Lipinski definition) is 6. The Morgan fingerprint density at radius 1 is 1.16 bits per heavy atom. The van der Waals surface area contributed by atoms with E-state index in [-0.39, 0.29) is 17.5 Å². The lowest BCUT2D eigenvalue weighted by Crippen LogP contribution is -2.33. The van der Waals surface area contributed by atoms with Gasteiger partial charge in [-0.25, -0.2) is 4.98 Å². The zero-order valence-electron chi connectivity index (χ0n) is 22.9. The minimum absolute atomic E-state index is 0.0188. The van der Waals surface area contributed by atoms with Gasteiger partial charge in [0.05, 0.1) is 37.0 Å². The van der Waals surface area contributed by atoms with Crippen molar-refractivity contribution in [3.63, 3.8) is 0 Å². The van der Waals surface area contributed by atoms with Crippen LogP contribution >= 0.6 is 11.6 Å². The van der Waals surface area contributed by atoms with Gasteiger partial charge >= 0.3 is 0 Å². The van der Waals surface area contributed by atoms with Crippen molar-refractivity contribution in [3.8, 4) is 23.3 Å². The molecule has 0 atom stereocenters. The van der Waals surface area contributed by atoms with Crippen molar-refractivity contribution in [2.75, 3.05) is 27.4 Å². The highest BCUT2D eigenvalue weighted by atomic mass is 35.5. The highest BCUT2D eigenvalue weighted by Crippen LogP contribution is 2.38. The Morgan fingerprint density at radius 3 is 2.55 bits per heavy atom. The third-order valence-electron chi connectivity index (χ3n) is 6.51. The summed E-state index contributed by atoms with van der Waals surface area (Å²) in [7, 11) is 4.98. The Kier molecular flexibility index (Phi) is 10.0. The van der Waals surface area contributed by atoms with Crippen molar-refractivity contribution in [2.24, 2.45) is 13.0 Å². The number of nitriles is 1. The number of ether oxygens (including phenoxy) is 3. The van der Waals surface area contributed by atoms with Gasteiger partial charge in [-0.15, -0.1) is 0 Å². The van der Waals surface area contributed by atoms with E-state index < -0.39 is 0 Å². The average molecular weight is 539 g/mol. The van der Waals surface area contributed by atoms with Gasteiger partial charge in [0.15, 0.2) is 18.1 Å². The molecule has 0 aliphatic carbocycles. The lowest BCUT2D eigenvalue weighted by Gasteiger charge is -2.24. The van der Waals surface area contributed by atoms with E-state index in [9.17, 15) is 4.79 Å². The molecule has 2 aromatic carbocycles. The van der Waals surface area contributed by atoms with Gasteiger partial charge in [-0.2, -0.15) is 5.26 Å². The molecule has 3 rings (SSSR count). The van der Waals surface area contributed by atoms with Crippen LogP contribution in [-0.2, 0) is 20.0 Å². The topological polar surface area (TPSA) is 89.6 Å². The molecule has 0 spiro atoms. The molecular formula is C29H35ClN4O4. The number of hydrogen-bond donors (Lipinski definition) is 0. The first-order valence-corrected chi connectivity index (χ1v) is 12.9. The van der Waals surface area contributed by atoms with E-state index in [4.69, 9.17) is 36.1 Å². The third kappa shape index (κ3) is 6.59. The number of aromatic nitrogens is 2. The zero-order valence-corrected chi connectivity index (χ0v) is 23.6. The molecule has 0 aliphatic rings. The number of nitrogens with zero attached hydrogens (tertiary/aromatic N) is 4. The predicted octanol–water partition coefficient (Wildman–Crippen LogP) is 5.58. The molecule has 0 unspecified atom stereocenters. The van der Waals surface area contributed by atoms with E-state index >= 15 is 0 Å². The van der Waals surface area contributed by atoms with Crippen LogP contribution in [0.15, 0.2) is 36.4 Å². The largest absolute Gasteiger partial charge is 0.493 e. The molecule has 38 heavy (non-hydrogen) atoms. The number of rotatable bonds is 12. The molecule has 0 saturated heterocycles. The lowest BCUT2D eigenvalue weighted by molar-refractivity contribution is 0.0729. The predicted molar refractivity (Wildman–Crippen MR) is 147 cm³/mol. The summed E-state index contributed by atoms with van der Waals surface area (Å²) in [6.45, 7) is 7.11. The third-order valence-corrected chi connectivity index (χ3v) is 6.88. The Balaban J connectivity index is 1.92. The monoisotopic (exact) mass is 538 g/mol. The Hall–Kier alpha value is -3.70. The number of imidazole rings is 1. The summed E-state index contributed by atoms with van der Waals surface area (Å²) in [6.07, 6.45) is 1.37. The van der Waals surface area contributed by atoms with Crippen molar-refractivity contribution >= 4 is 17.5 Å². The fourth-order valence-electron chi connectivity index (χ4n) is 4.15. The van der Waals surface area contributed by atoms with Crippen LogP contribution in [0.1, 0.15) is 53.4 Å². The summed E-state index contributed by atoms with van der Waals surface area (Å²) >= 11 is 6.59. The number of carbonyl (C=O) groups is 1. The first-order valence-electron chi connectivity index (χ1n) is 12.5. The molecule has 202 valence electrons. The van der Waals surface area contributed by atoms with Crippen LogP contribution in [0.25, 0.3) is 0 Å². The standard InChI is InChI=1S/C29H35ClN4O4/c1-19(2)13-15-34(29(35)22-11-12-25(36-5)28(37-6)27(22)30)18-26-32-23(20(3)33(26)4)17-21-9-7-8-10-24(21)38-16-14-31/h7-12,19H,13,15-18H2,1-6H3. The van der Waals surface area contributed by atoms with E-state index in [1.54, 1.807) is 17.0 Å². The second-order valence-electron chi connectivity index (χ2n) is 9.42. The maximum absolute atomic E-state index is 13.8. The molecule has 3 aromatic rings. The Morgan fingerprint density at radius 2 is 1.89 bits per heavy atom. The van der Waals surface area contributed by atoms with E-state index in [1.807, 2.05) is 48.9 Å². The van der Waals surface area contributed by atoms with Gasteiger partial charge in [0.25, 0.3) is 5.91 Å². The van der Waals surface area contributed by atoms with Crippen molar-refractivity contribution in [3.05, 3.63) is 69.8 Å². The smallest absolute Gasteiger partial charge is 0.255 e. The molecule has 0 N–H and O–H groups in total.